The summed E-state index contributed by atoms with van der Waals surface area (Å²) in [6.07, 6.45) is 0. The molecule has 0 atom stereocenters. The zero-order valence-corrected chi connectivity index (χ0v) is 15.9. The van der Waals surface area contributed by atoms with Gasteiger partial charge >= 0.3 is 0 Å². The molecule has 1 fully saturated rings. The summed E-state index contributed by atoms with van der Waals surface area (Å²) in [5.74, 6) is 0.280. The Kier molecular flexibility index (Phi) is 5.44. The van der Waals surface area contributed by atoms with Crippen LogP contribution in [0.3, 0.4) is 0 Å². The number of carbonyl (C=O) groups is 1. The predicted octanol–water partition coefficient (Wildman–Crippen LogP) is 3.14. The van der Waals surface area contributed by atoms with Gasteiger partial charge in [-0.2, -0.15) is 0 Å². The second-order valence-corrected chi connectivity index (χ2v) is 7.07. The number of rotatable bonds is 6. The van der Waals surface area contributed by atoms with Crippen molar-refractivity contribution in [2.24, 2.45) is 5.73 Å². The van der Waals surface area contributed by atoms with Crippen LogP contribution in [0.15, 0.2) is 66.7 Å². The molecule has 1 aliphatic heterocycles. The van der Waals surface area contributed by atoms with E-state index in [-0.39, 0.29) is 0 Å². The standard InChI is InChI=1S/C23H25N3O2/c24-23(27)19-16-18-6-4-5-9-21(18)22(17-19)28-15-14-25-10-12-26(13-11-25)20-7-2-1-3-8-20/h1-9,16-17H,10-15H2,(H2,24,27). The lowest BCUT2D eigenvalue weighted by Crippen LogP contribution is -2.47. The maximum absolute atomic E-state index is 11.6. The average Bonchev–Trinajstić information content (AvgIpc) is 2.74. The normalized spacial score (nSPS) is 14.9. The number of carbonyl (C=O) groups excluding carboxylic acids is 1. The van der Waals surface area contributed by atoms with Crippen LogP contribution in [0.25, 0.3) is 10.8 Å². The number of primary amides is 1. The van der Waals surface area contributed by atoms with Crippen LogP contribution >= 0.6 is 0 Å². The fourth-order valence-electron chi connectivity index (χ4n) is 3.69. The minimum absolute atomic E-state index is 0.437. The van der Waals surface area contributed by atoms with Crippen molar-refractivity contribution in [2.75, 3.05) is 44.2 Å². The molecule has 0 radical (unpaired) electrons. The van der Waals surface area contributed by atoms with E-state index in [2.05, 4.69) is 34.1 Å². The molecule has 5 heteroatoms. The van der Waals surface area contributed by atoms with Gasteiger partial charge in [-0.3, -0.25) is 9.69 Å². The molecule has 144 valence electrons. The molecule has 5 nitrogen and oxygen atoms in total. The van der Waals surface area contributed by atoms with E-state index in [1.165, 1.54) is 5.69 Å². The van der Waals surface area contributed by atoms with Crippen molar-refractivity contribution in [1.29, 1.82) is 0 Å². The van der Waals surface area contributed by atoms with Gasteiger partial charge in [0.2, 0.25) is 5.91 Å². The molecule has 0 saturated carbocycles. The molecule has 1 saturated heterocycles. The van der Waals surface area contributed by atoms with Gasteiger partial charge in [-0.05, 0) is 29.7 Å². The number of para-hydroxylation sites is 1. The number of hydrogen-bond acceptors (Lipinski definition) is 4. The van der Waals surface area contributed by atoms with E-state index < -0.39 is 5.91 Å². The lowest BCUT2D eigenvalue weighted by molar-refractivity contribution is 0.1000. The molecule has 0 unspecified atom stereocenters. The van der Waals surface area contributed by atoms with Crippen LogP contribution < -0.4 is 15.4 Å². The van der Waals surface area contributed by atoms with Crippen molar-refractivity contribution < 1.29 is 9.53 Å². The van der Waals surface area contributed by atoms with Gasteiger partial charge in [0.25, 0.3) is 0 Å². The number of benzene rings is 3. The van der Waals surface area contributed by atoms with Gasteiger partial charge in [0.05, 0.1) is 0 Å². The molecule has 1 heterocycles. The summed E-state index contributed by atoms with van der Waals surface area (Å²) < 4.78 is 6.06. The summed E-state index contributed by atoms with van der Waals surface area (Å²) in [7, 11) is 0. The first-order chi connectivity index (χ1) is 13.7. The Morgan fingerprint density at radius 2 is 1.64 bits per heavy atom. The number of nitrogens with zero attached hydrogens (tertiary/aromatic N) is 2. The topological polar surface area (TPSA) is 58.8 Å². The number of nitrogens with two attached hydrogens (primary N) is 1. The molecular weight excluding hydrogens is 350 g/mol. The van der Waals surface area contributed by atoms with Crippen LogP contribution in [-0.2, 0) is 0 Å². The van der Waals surface area contributed by atoms with E-state index in [1.807, 2.05) is 36.4 Å². The fourth-order valence-corrected chi connectivity index (χ4v) is 3.69. The zero-order valence-electron chi connectivity index (χ0n) is 15.9. The third kappa shape index (κ3) is 4.10. The quantitative estimate of drug-likeness (QED) is 0.719. The number of piperazine rings is 1. The molecule has 4 rings (SSSR count). The van der Waals surface area contributed by atoms with Gasteiger partial charge in [0.1, 0.15) is 12.4 Å². The second kappa shape index (κ2) is 8.31. The Balaban J connectivity index is 1.35. The summed E-state index contributed by atoms with van der Waals surface area (Å²) in [4.78, 5) is 16.5. The zero-order chi connectivity index (χ0) is 19.3. The van der Waals surface area contributed by atoms with E-state index in [0.717, 1.165) is 49.2 Å². The third-order valence-corrected chi connectivity index (χ3v) is 5.27. The average molecular weight is 375 g/mol. The first-order valence-electron chi connectivity index (χ1n) is 9.68. The predicted molar refractivity (Wildman–Crippen MR) is 113 cm³/mol. The molecular formula is C23H25N3O2. The van der Waals surface area contributed by atoms with Gasteiger partial charge < -0.3 is 15.4 Å². The van der Waals surface area contributed by atoms with Gasteiger partial charge in [-0.25, -0.2) is 0 Å². The van der Waals surface area contributed by atoms with Gasteiger partial charge in [-0.1, -0.05) is 42.5 Å². The summed E-state index contributed by atoms with van der Waals surface area (Å²) in [6.45, 7) is 5.50. The Bertz CT molecular complexity index is 950. The lowest BCUT2D eigenvalue weighted by Gasteiger charge is -2.36. The van der Waals surface area contributed by atoms with Crippen LogP contribution in [0, 0.1) is 0 Å². The van der Waals surface area contributed by atoms with E-state index in [4.69, 9.17) is 10.5 Å². The SMILES string of the molecule is NC(=O)c1cc(OCCN2CCN(c3ccccc3)CC2)c2ccccc2c1. The Morgan fingerprint density at radius 3 is 2.39 bits per heavy atom. The monoisotopic (exact) mass is 375 g/mol. The highest BCUT2D eigenvalue weighted by molar-refractivity contribution is 6.00. The highest BCUT2D eigenvalue weighted by Gasteiger charge is 2.17. The first kappa shape index (κ1) is 18.3. The lowest BCUT2D eigenvalue weighted by atomic mass is 10.1. The summed E-state index contributed by atoms with van der Waals surface area (Å²) in [6, 6.07) is 22.0. The number of ether oxygens (including phenoxy) is 1. The van der Waals surface area contributed by atoms with Crippen LogP contribution in [0.4, 0.5) is 5.69 Å². The molecule has 3 aromatic carbocycles. The van der Waals surface area contributed by atoms with Gasteiger partial charge in [-0.15, -0.1) is 0 Å². The molecule has 3 aromatic rings. The summed E-state index contributed by atoms with van der Waals surface area (Å²) in [5, 5.41) is 1.96. The smallest absolute Gasteiger partial charge is 0.248 e. The van der Waals surface area contributed by atoms with Crippen molar-refractivity contribution in [3.05, 3.63) is 72.3 Å². The van der Waals surface area contributed by atoms with Gasteiger partial charge in [0.15, 0.2) is 0 Å². The molecule has 0 spiro atoms. The summed E-state index contributed by atoms with van der Waals surface area (Å²) in [5.41, 5.74) is 7.24. The first-order valence-corrected chi connectivity index (χ1v) is 9.68. The largest absolute Gasteiger partial charge is 0.492 e. The van der Waals surface area contributed by atoms with E-state index in [0.29, 0.717) is 12.2 Å². The second-order valence-electron chi connectivity index (χ2n) is 7.07. The Labute approximate surface area is 165 Å². The van der Waals surface area contributed by atoms with Crippen molar-refractivity contribution in [1.82, 2.24) is 4.90 Å². The Morgan fingerprint density at radius 1 is 0.929 bits per heavy atom. The van der Waals surface area contributed by atoms with Crippen molar-refractivity contribution in [3.63, 3.8) is 0 Å². The van der Waals surface area contributed by atoms with Crippen LogP contribution in [0.1, 0.15) is 10.4 Å². The molecule has 0 aliphatic carbocycles. The van der Waals surface area contributed by atoms with E-state index in [9.17, 15) is 4.79 Å². The molecule has 2 N–H and O–H groups in total. The Hall–Kier alpha value is -3.05. The number of anilines is 1. The van der Waals surface area contributed by atoms with Crippen molar-refractivity contribution >= 4 is 22.4 Å². The number of amides is 1. The highest BCUT2D eigenvalue weighted by atomic mass is 16.5. The number of hydrogen-bond donors (Lipinski definition) is 1. The third-order valence-electron chi connectivity index (χ3n) is 5.27. The number of fused-ring (bicyclic) bond motifs is 1. The minimum Gasteiger partial charge on any atom is -0.492 e. The van der Waals surface area contributed by atoms with Crippen LogP contribution in [-0.4, -0.2) is 50.1 Å². The molecule has 1 aliphatic rings. The fraction of sp³-hybridized carbons (Fsp3) is 0.261. The highest BCUT2D eigenvalue weighted by Crippen LogP contribution is 2.27. The van der Waals surface area contributed by atoms with E-state index >= 15 is 0 Å². The van der Waals surface area contributed by atoms with E-state index in [1.54, 1.807) is 6.07 Å². The van der Waals surface area contributed by atoms with Gasteiger partial charge in [0, 0.05) is 49.4 Å². The molecule has 1 amide bonds. The van der Waals surface area contributed by atoms with Crippen LogP contribution in [0.5, 0.6) is 5.75 Å². The summed E-state index contributed by atoms with van der Waals surface area (Å²) >= 11 is 0. The minimum atomic E-state index is -0.437. The molecule has 28 heavy (non-hydrogen) atoms. The maximum atomic E-state index is 11.6. The molecule has 0 bridgehead atoms. The van der Waals surface area contributed by atoms with Crippen molar-refractivity contribution in [3.8, 4) is 5.75 Å². The van der Waals surface area contributed by atoms with Crippen LogP contribution in [0.2, 0.25) is 0 Å². The van der Waals surface area contributed by atoms with Crippen molar-refractivity contribution in [2.45, 2.75) is 0 Å². The molecule has 0 aromatic heterocycles. The maximum Gasteiger partial charge on any atom is 0.248 e.